The Hall–Kier alpha value is -1.88. The van der Waals surface area contributed by atoms with Gasteiger partial charge >= 0.3 is 0 Å². The molecule has 1 fully saturated rings. The summed E-state index contributed by atoms with van der Waals surface area (Å²) in [6, 6.07) is 9.54. The number of rotatable bonds is 6. The summed E-state index contributed by atoms with van der Waals surface area (Å²) in [4.78, 5) is 26.6. The molecule has 0 aromatic heterocycles. The predicted molar refractivity (Wildman–Crippen MR) is 96.7 cm³/mol. The van der Waals surface area contributed by atoms with Crippen LogP contribution in [0.2, 0.25) is 0 Å². The zero-order valence-electron chi connectivity index (χ0n) is 15.0. The first-order chi connectivity index (χ1) is 11.4. The first kappa shape index (κ1) is 18.5. The third kappa shape index (κ3) is 5.64. The average molecular weight is 331 g/mol. The van der Waals surface area contributed by atoms with Crippen molar-refractivity contribution in [3.05, 3.63) is 30.3 Å². The van der Waals surface area contributed by atoms with Gasteiger partial charge in [0.2, 0.25) is 11.8 Å². The zero-order chi connectivity index (χ0) is 17.6. The van der Waals surface area contributed by atoms with Crippen molar-refractivity contribution >= 4 is 17.5 Å². The minimum atomic E-state index is -0.162. The van der Waals surface area contributed by atoms with Crippen LogP contribution in [0.25, 0.3) is 0 Å². The first-order valence-corrected chi connectivity index (χ1v) is 8.79. The van der Waals surface area contributed by atoms with Crippen molar-refractivity contribution in [2.45, 2.75) is 45.6 Å². The molecular formula is C19H29N3O2. The van der Waals surface area contributed by atoms with Crippen molar-refractivity contribution in [3.8, 4) is 0 Å². The minimum absolute atomic E-state index is 0.0246. The molecule has 2 N–H and O–H groups in total. The van der Waals surface area contributed by atoms with Gasteiger partial charge in [-0.1, -0.05) is 25.1 Å². The SMILES string of the molecule is CCC(C)(C)NC(=O)CN1CCC(C(=O)Nc2ccccc2)CC1. The fourth-order valence-corrected chi connectivity index (χ4v) is 2.83. The van der Waals surface area contributed by atoms with Crippen LogP contribution in [0.3, 0.4) is 0 Å². The van der Waals surface area contributed by atoms with E-state index in [1.807, 2.05) is 44.2 Å². The molecule has 0 bridgehead atoms. The number of benzene rings is 1. The van der Waals surface area contributed by atoms with Crippen LogP contribution in [0.15, 0.2) is 30.3 Å². The number of anilines is 1. The van der Waals surface area contributed by atoms with Crippen molar-refractivity contribution in [1.82, 2.24) is 10.2 Å². The number of amides is 2. The van der Waals surface area contributed by atoms with Gasteiger partial charge in [0.25, 0.3) is 0 Å². The number of nitrogens with one attached hydrogen (secondary N) is 2. The summed E-state index contributed by atoms with van der Waals surface area (Å²) < 4.78 is 0. The van der Waals surface area contributed by atoms with Gasteiger partial charge in [0.1, 0.15) is 0 Å². The molecule has 0 radical (unpaired) electrons. The van der Waals surface area contributed by atoms with E-state index in [-0.39, 0.29) is 23.3 Å². The van der Waals surface area contributed by atoms with Crippen molar-refractivity contribution in [2.24, 2.45) is 5.92 Å². The molecule has 0 unspecified atom stereocenters. The zero-order valence-corrected chi connectivity index (χ0v) is 15.0. The molecule has 1 aromatic carbocycles. The van der Waals surface area contributed by atoms with E-state index >= 15 is 0 Å². The molecule has 1 aliphatic rings. The maximum absolute atomic E-state index is 12.3. The van der Waals surface area contributed by atoms with E-state index in [1.165, 1.54) is 0 Å². The van der Waals surface area contributed by atoms with Gasteiger partial charge in [-0.25, -0.2) is 0 Å². The standard InChI is InChI=1S/C19H29N3O2/c1-4-19(2,3)21-17(23)14-22-12-10-15(11-13-22)18(24)20-16-8-6-5-7-9-16/h5-9,15H,4,10-14H2,1-3H3,(H,20,24)(H,21,23). The van der Waals surface area contributed by atoms with E-state index in [1.54, 1.807) is 0 Å². The second-order valence-electron chi connectivity index (χ2n) is 7.19. The van der Waals surface area contributed by atoms with Gasteiger partial charge in [0, 0.05) is 17.1 Å². The highest BCUT2D eigenvalue weighted by atomic mass is 16.2. The number of para-hydroxylation sites is 1. The van der Waals surface area contributed by atoms with Crippen molar-refractivity contribution in [1.29, 1.82) is 0 Å². The highest BCUT2D eigenvalue weighted by Gasteiger charge is 2.27. The summed E-state index contributed by atoms with van der Waals surface area (Å²) in [5.41, 5.74) is 0.677. The molecule has 2 amide bonds. The van der Waals surface area contributed by atoms with Gasteiger partial charge in [-0.15, -0.1) is 0 Å². The minimum Gasteiger partial charge on any atom is -0.350 e. The molecule has 0 atom stereocenters. The van der Waals surface area contributed by atoms with E-state index in [2.05, 4.69) is 22.5 Å². The molecule has 0 saturated carbocycles. The summed E-state index contributed by atoms with van der Waals surface area (Å²) in [6.45, 7) is 8.11. The monoisotopic (exact) mass is 331 g/mol. The number of hydrogen-bond donors (Lipinski definition) is 2. The number of carbonyl (C=O) groups is 2. The molecule has 5 nitrogen and oxygen atoms in total. The Morgan fingerprint density at radius 3 is 2.38 bits per heavy atom. The van der Waals surface area contributed by atoms with Crippen molar-refractivity contribution in [3.63, 3.8) is 0 Å². The smallest absolute Gasteiger partial charge is 0.234 e. The molecule has 1 aliphatic heterocycles. The van der Waals surface area contributed by atoms with E-state index in [0.717, 1.165) is 38.0 Å². The third-order valence-electron chi connectivity index (χ3n) is 4.73. The maximum atomic E-state index is 12.3. The van der Waals surface area contributed by atoms with Gasteiger partial charge in [-0.2, -0.15) is 0 Å². The third-order valence-corrected chi connectivity index (χ3v) is 4.73. The molecule has 5 heteroatoms. The molecule has 1 heterocycles. The lowest BCUT2D eigenvalue weighted by Gasteiger charge is -2.32. The van der Waals surface area contributed by atoms with Gasteiger partial charge in [0.15, 0.2) is 0 Å². The molecule has 24 heavy (non-hydrogen) atoms. The maximum Gasteiger partial charge on any atom is 0.234 e. The van der Waals surface area contributed by atoms with Crippen molar-refractivity contribution in [2.75, 3.05) is 25.0 Å². The van der Waals surface area contributed by atoms with Crippen LogP contribution >= 0.6 is 0 Å². The van der Waals surface area contributed by atoms with Gasteiger partial charge in [-0.3, -0.25) is 14.5 Å². The summed E-state index contributed by atoms with van der Waals surface area (Å²) >= 11 is 0. The van der Waals surface area contributed by atoms with Crippen LogP contribution in [0, 0.1) is 5.92 Å². The Balaban J connectivity index is 1.75. The predicted octanol–water partition coefficient (Wildman–Crippen LogP) is 2.64. The first-order valence-electron chi connectivity index (χ1n) is 8.79. The topological polar surface area (TPSA) is 61.4 Å². The lowest BCUT2D eigenvalue weighted by Crippen LogP contribution is -2.49. The quantitative estimate of drug-likeness (QED) is 0.842. The van der Waals surface area contributed by atoms with Crippen LogP contribution in [-0.4, -0.2) is 41.9 Å². The van der Waals surface area contributed by atoms with E-state index in [0.29, 0.717) is 6.54 Å². The Bertz CT molecular complexity index is 549. The largest absolute Gasteiger partial charge is 0.350 e. The number of carbonyl (C=O) groups excluding carboxylic acids is 2. The van der Waals surface area contributed by atoms with E-state index in [9.17, 15) is 9.59 Å². The second-order valence-corrected chi connectivity index (χ2v) is 7.19. The molecule has 0 aliphatic carbocycles. The van der Waals surface area contributed by atoms with Crippen molar-refractivity contribution < 1.29 is 9.59 Å². The van der Waals surface area contributed by atoms with Gasteiger partial charge in [-0.05, 0) is 58.3 Å². The molecular weight excluding hydrogens is 302 g/mol. The highest BCUT2D eigenvalue weighted by molar-refractivity contribution is 5.92. The molecule has 0 spiro atoms. The van der Waals surface area contributed by atoms with E-state index < -0.39 is 0 Å². The fraction of sp³-hybridized carbons (Fsp3) is 0.579. The average Bonchev–Trinajstić information content (AvgIpc) is 2.56. The van der Waals surface area contributed by atoms with Gasteiger partial charge in [0.05, 0.1) is 6.54 Å². The normalized spacial score (nSPS) is 16.6. The highest BCUT2D eigenvalue weighted by Crippen LogP contribution is 2.19. The molecule has 2 rings (SSSR count). The van der Waals surface area contributed by atoms with Crippen LogP contribution in [0.1, 0.15) is 40.0 Å². The van der Waals surface area contributed by atoms with E-state index in [4.69, 9.17) is 0 Å². The molecule has 1 saturated heterocycles. The fourth-order valence-electron chi connectivity index (χ4n) is 2.83. The Kier molecular flexibility index (Phi) is 6.37. The Morgan fingerprint density at radius 1 is 1.17 bits per heavy atom. The second kappa shape index (κ2) is 8.29. The number of hydrogen-bond acceptors (Lipinski definition) is 3. The van der Waals surface area contributed by atoms with Crippen LogP contribution in [-0.2, 0) is 9.59 Å². The number of nitrogens with zero attached hydrogens (tertiary/aromatic N) is 1. The van der Waals surface area contributed by atoms with Crippen LogP contribution < -0.4 is 10.6 Å². The number of piperidine rings is 1. The lowest BCUT2D eigenvalue weighted by molar-refractivity contribution is -0.124. The summed E-state index contributed by atoms with van der Waals surface area (Å²) in [5.74, 6) is 0.169. The molecule has 132 valence electrons. The Morgan fingerprint density at radius 2 is 1.79 bits per heavy atom. The Labute approximate surface area is 144 Å². The van der Waals surface area contributed by atoms with Crippen LogP contribution in [0.5, 0.6) is 0 Å². The lowest BCUT2D eigenvalue weighted by atomic mass is 9.95. The molecule has 1 aromatic rings. The van der Waals surface area contributed by atoms with Crippen LogP contribution in [0.4, 0.5) is 5.69 Å². The number of likely N-dealkylation sites (tertiary alicyclic amines) is 1. The summed E-state index contributed by atoms with van der Waals surface area (Å²) in [6.07, 6.45) is 2.49. The van der Waals surface area contributed by atoms with Gasteiger partial charge < -0.3 is 10.6 Å². The summed E-state index contributed by atoms with van der Waals surface area (Å²) in [5, 5.41) is 6.03. The summed E-state index contributed by atoms with van der Waals surface area (Å²) in [7, 11) is 0.